The fraction of sp³-hybridized carbons (Fsp3) is 0.629. The molecule has 0 aromatic heterocycles. The van der Waals surface area contributed by atoms with E-state index in [0.29, 0.717) is 17.8 Å². The molecule has 10 nitrogen and oxygen atoms in total. The van der Waals surface area contributed by atoms with Gasteiger partial charge in [-0.2, -0.15) is 8.42 Å². The molecule has 46 heavy (non-hydrogen) atoms. The van der Waals surface area contributed by atoms with Crippen molar-refractivity contribution in [3.8, 4) is 0 Å². The largest absolute Gasteiger partial charge is 0.464 e. The summed E-state index contributed by atoms with van der Waals surface area (Å²) < 4.78 is 46.3. The average molecular weight is 664 g/mol. The highest BCUT2D eigenvalue weighted by atomic mass is 32.2. The van der Waals surface area contributed by atoms with E-state index in [1.54, 1.807) is 26.0 Å². The molecule has 0 bridgehead atoms. The quantitative estimate of drug-likeness (QED) is 0.0703. The first-order valence-electron chi connectivity index (χ1n) is 16.0. The van der Waals surface area contributed by atoms with Crippen LogP contribution < -0.4 is 5.32 Å². The fourth-order valence-electron chi connectivity index (χ4n) is 5.94. The number of hydrogen-bond acceptors (Lipinski definition) is 9. The van der Waals surface area contributed by atoms with Crippen LogP contribution in [0, 0.1) is 17.8 Å². The summed E-state index contributed by atoms with van der Waals surface area (Å²) in [6, 6.07) is -0.870. The van der Waals surface area contributed by atoms with Crippen molar-refractivity contribution in [3.63, 3.8) is 0 Å². The molecule has 0 aromatic rings. The Hall–Kier alpha value is -2.86. The molecule has 1 N–H and O–H groups in total. The Kier molecular flexibility index (Phi) is 14.8. The Balaban J connectivity index is 2.06. The van der Waals surface area contributed by atoms with Gasteiger partial charge in [-0.15, -0.1) is 0 Å². The van der Waals surface area contributed by atoms with Crippen LogP contribution >= 0.6 is 0 Å². The molecule has 1 aliphatic heterocycles. The summed E-state index contributed by atoms with van der Waals surface area (Å²) in [6.45, 7) is 15.3. The second kappa shape index (κ2) is 17.3. The molecule has 1 amide bonds. The highest BCUT2D eigenvalue weighted by molar-refractivity contribution is 7.86. The van der Waals surface area contributed by atoms with Gasteiger partial charge in [-0.05, 0) is 63.5 Å². The zero-order valence-electron chi connectivity index (χ0n) is 28.8. The third-order valence-electron chi connectivity index (χ3n) is 7.80. The number of carbonyl (C=O) groups excluding carboxylic acids is 3. The highest BCUT2D eigenvalue weighted by Gasteiger charge is 2.62. The number of ether oxygens (including phenoxy) is 3. The molecule has 1 fully saturated rings. The zero-order valence-corrected chi connectivity index (χ0v) is 29.6. The smallest absolute Gasteiger partial charge is 0.302 e. The van der Waals surface area contributed by atoms with Crippen molar-refractivity contribution in [1.29, 1.82) is 0 Å². The van der Waals surface area contributed by atoms with Crippen molar-refractivity contribution >= 4 is 27.8 Å². The second-order valence-electron chi connectivity index (χ2n) is 13.2. The maximum absolute atomic E-state index is 13.3. The number of nitrogens with one attached hydrogen (secondary N) is 1. The molecule has 0 saturated carbocycles. The standard InChI is InChI=1S/C35H53NO9S/c1-10-24(2)19-26(4)21-27(5)20-25(3)15-13-11-12-14-16-32(39)36-29(23-42-28(6)37)22-35-31(38)18-17-30(44-46(9,40)41)33(35)43-34(7,8)45-35/h11-19,24-25,27,29-30,33H,10,20-23H2,1-9H3,(H,36,39)/b12-11+,15-13+,16-14+,26-19+/t24-,25+,27+,29+,30-,33+,35-/m1/s1. The molecule has 0 spiro atoms. The van der Waals surface area contributed by atoms with Crippen LogP contribution in [0.1, 0.15) is 81.1 Å². The fourth-order valence-corrected chi connectivity index (χ4v) is 6.51. The van der Waals surface area contributed by atoms with Gasteiger partial charge >= 0.3 is 5.97 Å². The van der Waals surface area contributed by atoms with E-state index in [-0.39, 0.29) is 13.0 Å². The first kappa shape index (κ1) is 39.3. The first-order chi connectivity index (χ1) is 21.4. The number of carbonyl (C=O) groups is 3. The normalized spacial score (nSPS) is 25.9. The molecule has 0 radical (unpaired) electrons. The lowest BCUT2D eigenvalue weighted by Gasteiger charge is -2.38. The van der Waals surface area contributed by atoms with Crippen LogP contribution in [0.2, 0.25) is 0 Å². The lowest BCUT2D eigenvalue weighted by atomic mass is 9.79. The topological polar surface area (TPSA) is 134 Å². The Morgan fingerprint density at radius 2 is 1.76 bits per heavy atom. The van der Waals surface area contributed by atoms with Crippen LogP contribution in [0.3, 0.4) is 0 Å². The number of hydrogen-bond donors (Lipinski definition) is 1. The van der Waals surface area contributed by atoms with Crippen LogP contribution in [0.5, 0.6) is 0 Å². The van der Waals surface area contributed by atoms with Gasteiger partial charge in [0.1, 0.15) is 18.8 Å². The Bertz CT molecular complexity index is 1330. The Labute approximate surface area is 275 Å². The number of fused-ring (bicyclic) bond motifs is 1. The van der Waals surface area contributed by atoms with Crippen LogP contribution in [-0.4, -0.2) is 68.6 Å². The number of ketones is 1. The summed E-state index contributed by atoms with van der Waals surface area (Å²) in [7, 11) is -3.91. The van der Waals surface area contributed by atoms with E-state index in [0.717, 1.165) is 25.5 Å². The van der Waals surface area contributed by atoms with Gasteiger partial charge in [0.15, 0.2) is 17.2 Å². The third kappa shape index (κ3) is 13.1. The van der Waals surface area contributed by atoms with E-state index in [2.05, 4.69) is 52.1 Å². The predicted octanol–water partition coefficient (Wildman–Crippen LogP) is 5.51. The van der Waals surface area contributed by atoms with Crippen molar-refractivity contribution in [1.82, 2.24) is 5.32 Å². The van der Waals surface area contributed by atoms with Crippen molar-refractivity contribution in [3.05, 3.63) is 60.3 Å². The molecule has 1 heterocycles. The van der Waals surface area contributed by atoms with E-state index >= 15 is 0 Å². The minimum Gasteiger partial charge on any atom is -0.464 e. The molecule has 1 aliphatic carbocycles. The van der Waals surface area contributed by atoms with E-state index in [4.69, 9.17) is 18.4 Å². The minimum absolute atomic E-state index is 0.164. The molecular weight excluding hydrogens is 610 g/mol. The van der Waals surface area contributed by atoms with Crippen molar-refractivity contribution in [2.24, 2.45) is 17.8 Å². The highest BCUT2D eigenvalue weighted by Crippen LogP contribution is 2.45. The maximum Gasteiger partial charge on any atom is 0.302 e. The monoisotopic (exact) mass is 663 g/mol. The van der Waals surface area contributed by atoms with Crippen LogP contribution in [-0.2, 0) is 42.9 Å². The molecule has 11 heteroatoms. The van der Waals surface area contributed by atoms with Gasteiger partial charge in [0.05, 0.1) is 12.3 Å². The van der Waals surface area contributed by atoms with E-state index in [1.165, 1.54) is 30.7 Å². The molecule has 0 aromatic carbocycles. The molecule has 0 unspecified atom stereocenters. The molecular formula is C35H53NO9S. The second-order valence-corrected chi connectivity index (χ2v) is 14.8. The van der Waals surface area contributed by atoms with Gasteiger partial charge < -0.3 is 19.5 Å². The number of allylic oxidation sites excluding steroid dienone is 7. The van der Waals surface area contributed by atoms with Crippen molar-refractivity contribution in [2.45, 2.75) is 111 Å². The number of amides is 1. The van der Waals surface area contributed by atoms with Gasteiger partial charge in [0.2, 0.25) is 5.91 Å². The molecule has 258 valence electrons. The van der Waals surface area contributed by atoms with Crippen LogP contribution in [0.4, 0.5) is 0 Å². The SMILES string of the molecule is CC[C@@H](C)/C=C(\C)C[C@@H](C)C[C@@H](C)/C=C/C=C/C=C/C(=O)N[C@H](COC(C)=O)C[C@]12OC(C)(C)O[C@H]1[C@H](OS(C)(=O)=O)C=CC2=O. The third-order valence-corrected chi connectivity index (χ3v) is 8.37. The van der Waals surface area contributed by atoms with Crippen LogP contribution in [0.25, 0.3) is 0 Å². The van der Waals surface area contributed by atoms with E-state index in [9.17, 15) is 22.8 Å². The number of esters is 1. The lowest BCUT2D eigenvalue weighted by Crippen LogP contribution is -2.58. The van der Waals surface area contributed by atoms with Gasteiger partial charge in [-0.1, -0.05) is 76.1 Å². The van der Waals surface area contributed by atoms with Gasteiger partial charge in [0, 0.05) is 19.4 Å². The lowest BCUT2D eigenvalue weighted by molar-refractivity contribution is -0.173. The predicted molar refractivity (Wildman–Crippen MR) is 178 cm³/mol. The minimum atomic E-state index is -3.91. The molecule has 1 saturated heterocycles. The first-order valence-corrected chi connectivity index (χ1v) is 17.8. The van der Waals surface area contributed by atoms with Crippen molar-refractivity contribution < 1.29 is 41.2 Å². The van der Waals surface area contributed by atoms with Gasteiger partial charge in [0.25, 0.3) is 10.1 Å². The average Bonchev–Trinajstić information content (AvgIpc) is 3.21. The maximum atomic E-state index is 13.3. The van der Waals surface area contributed by atoms with Gasteiger partial charge in [-0.25, -0.2) is 0 Å². The van der Waals surface area contributed by atoms with Gasteiger partial charge in [-0.3, -0.25) is 18.6 Å². The molecule has 2 rings (SSSR count). The summed E-state index contributed by atoms with van der Waals surface area (Å²) in [5.74, 6) is -1.22. The molecule has 2 aliphatic rings. The number of rotatable bonds is 17. The Morgan fingerprint density at radius 1 is 1.09 bits per heavy atom. The summed E-state index contributed by atoms with van der Waals surface area (Å²) in [4.78, 5) is 37.8. The van der Waals surface area contributed by atoms with E-state index in [1.807, 2.05) is 12.2 Å². The summed E-state index contributed by atoms with van der Waals surface area (Å²) in [5.41, 5.74) is -0.256. The summed E-state index contributed by atoms with van der Waals surface area (Å²) in [5, 5.41) is 2.77. The van der Waals surface area contributed by atoms with E-state index < -0.39 is 57.4 Å². The summed E-state index contributed by atoms with van der Waals surface area (Å²) in [6.07, 6.45) is 17.2. The molecule has 7 atom stereocenters. The van der Waals surface area contributed by atoms with Crippen molar-refractivity contribution in [2.75, 3.05) is 12.9 Å². The zero-order chi connectivity index (χ0) is 34.7. The Morgan fingerprint density at radius 3 is 2.39 bits per heavy atom. The summed E-state index contributed by atoms with van der Waals surface area (Å²) >= 11 is 0. The van der Waals surface area contributed by atoms with Crippen LogP contribution in [0.15, 0.2) is 60.3 Å².